The Morgan fingerprint density at radius 1 is 1.42 bits per heavy atom. The minimum Gasteiger partial charge on any atom is -0.494 e. The molecule has 0 fully saturated rings. The Balaban J connectivity index is 1.46. The summed E-state index contributed by atoms with van der Waals surface area (Å²) in [6.45, 7) is 1.54. The molecule has 0 radical (unpaired) electrons. The summed E-state index contributed by atoms with van der Waals surface area (Å²) >= 11 is 1.41. The summed E-state index contributed by atoms with van der Waals surface area (Å²) in [5, 5.41) is 6.57. The van der Waals surface area contributed by atoms with Crippen LogP contribution in [0.3, 0.4) is 0 Å². The summed E-state index contributed by atoms with van der Waals surface area (Å²) in [6.07, 6.45) is 8.16. The third-order valence-corrected chi connectivity index (χ3v) is 3.91. The van der Waals surface area contributed by atoms with Gasteiger partial charge < -0.3 is 15.0 Å². The van der Waals surface area contributed by atoms with Crippen LogP contribution in [0.5, 0.6) is 5.75 Å². The van der Waals surface area contributed by atoms with Crippen LogP contribution in [0.2, 0.25) is 0 Å². The van der Waals surface area contributed by atoms with Crippen LogP contribution in [0.4, 0.5) is 10.9 Å². The van der Waals surface area contributed by atoms with Crippen molar-refractivity contribution in [1.29, 1.82) is 0 Å². The molecule has 2 heterocycles. The lowest BCUT2D eigenvalue weighted by atomic mass is 10.2. The van der Waals surface area contributed by atoms with Crippen molar-refractivity contribution in [2.75, 3.05) is 17.8 Å². The molecule has 0 bridgehead atoms. The maximum absolute atomic E-state index is 5.77. The number of nitrogens with one attached hydrogen (secondary N) is 1. The second-order valence-corrected chi connectivity index (χ2v) is 5.88. The highest BCUT2D eigenvalue weighted by molar-refractivity contribution is 7.14. The topological polar surface area (TPSA) is 90.3 Å². The van der Waals surface area contributed by atoms with Crippen molar-refractivity contribution >= 4 is 28.5 Å². The zero-order valence-electron chi connectivity index (χ0n) is 13.0. The summed E-state index contributed by atoms with van der Waals surface area (Å²) in [6, 6.07) is 7.77. The van der Waals surface area contributed by atoms with Crippen molar-refractivity contribution in [3.05, 3.63) is 53.9 Å². The molecule has 0 unspecified atom stereocenters. The molecule has 7 nitrogen and oxygen atoms in total. The number of anilines is 2. The average Bonchev–Trinajstić information content (AvgIpc) is 3.24. The van der Waals surface area contributed by atoms with Crippen molar-refractivity contribution in [1.82, 2.24) is 14.5 Å². The van der Waals surface area contributed by atoms with Gasteiger partial charge in [-0.15, -0.1) is 11.3 Å². The van der Waals surface area contributed by atoms with Crippen LogP contribution in [0, 0.1) is 0 Å². The van der Waals surface area contributed by atoms with Crippen LogP contribution < -0.4 is 15.9 Å². The fourth-order valence-electron chi connectivity index (χ4n) is 2.04. The predicted molar refractivity (Wildman–Crippen MR) is 96.5 cm³/mol. The number of hydrogen-bond donors (Lipinski definition) is 2. The summed E-state index contributed by atoms with van der Waals surface area (Å²) in [7, 11) is 0. The molecule has 2 aromatic heterocycles. The van der Waals surface area contributed by atoms with Crippen molar-refractivity contribution in [2.45, 2.75) is 13.0 Å². The van der Waals surface area contributed by atoms with Gasteiger partial charge in [0.05, 0.1) is 19.1 Å². The summed E-state index contributed by atoms with van der Waals surface area (Å²) in [5.41, 5.74) is 9.35. The Labute approximate surface area is 143 Å². The quantitative estimate of drug-likeness (QED) is 0.373. The van der Waals surface area contributed by atoms with Crippen molar-refractivity contribution in [3.63, 3.8) is 0 Å². The van der Waals surface area contributed by atoms with Crippen molar-refractivity contribution in [3.8, 4) is 5.75 Å². The smallest absolute Gasteiger partial charge is 0.205 e. The number of nitrogens with two attached hydrogens (primary N) is 1. The van der Waals surface area contributed by atoms with Crippen LogP contribution in [0.15, 0.2) is 53.5 Å². The van der Waals surface area contributed by atoms with Gasteiger partial charge in [0.25, 0.3) is 0 Å². The Kier molecular flexibility index (Phi) is 5.41. The highest BCUT2D eigenvalue weighted by Gasteiger charge is 1.98. The first kappa shape index (κ1) is 16.0. The van der Waals surface area contributed by atoms with Crippen molar-refractivity contribution < 1.29 is 4.74 Å². The van der Waals surface area contributed by atoms with E-state index < -0.39 is 0 Å². The van der Waals surface area contributed by atoms with Gasteiger partial charge in [0.1, 0.15) is 11.6 Å². The van der Waals surface area contributed by atoms with Crippen LogP contribution >= 0.6 is 11.3 Å². The Hall–Kier alpha value is -2.87. The van der Waals surface area contributed by atoms with Crippen LogP contribution in [0.25, 0.3) is 0 Å². The van der Waals surface area contributed by atoms with E-state index in [2.05, 4.69) is 20.5 Å². The normalized spacial score (nSPS) is 11.0. The van der Waals surface area contributed by atoms with Crippen molar-refractivity contribution in [2.24, 2.45) is 5.10 Å². The molecule has 0 saturated carbocycles. The first-order chi connectivity index (χ1) is 11.8. The molecule has 3 aromatic rings. The number of aromatic nitrogens is 3. The van der Waals surface area contributed by atoms with E-state index in [1.54, 1.807) is 24.1 Å². The van der Waals surface area contributed by atoms with E-state index in [0.29, 0.717) is 17.6 Å². The highest BCUT2D eigenvalue weighted by Crippen LogP contribution is 2.16. The highest BCUT2D eigenvalue weighted by atomic mass is 32.1. The van der Waals surface area contributed by atoms with E-state index in [1.165, 1.54) is 11.3 Å². The minimum absolute atomic E-state index is 0.490. The number of hydrazone groups is 1. The molecule has 3 N–H and O–H groups in total. The number of ether oxygens (including phenoxy) is 1. The van der Waals surface area contributed by atoms with Gasteiger partial charge in [0.15, 0.2) is 0 Å². The molecular weight excluding hydrogens is 324 g/mol. The summed E-state index contributed by atoms with van der Waals surface area (Å²) < 4.78 is 7.80. The molecule has 1 aromatic carbocycles. The standard InChI is InChI=1S/C16H18N6OS/c17-15-11-24-16(20-15)21-19-10-13-3-1-4-14(9-13)23-8-2-6-22-7-5-18-12-22/h1,3-5,7,9-12H,2,6,8,17H2,(H,20,21). The maximum Gasteiger partial charge on any atom is 0.205 e. The molecule has 0 aliphatic heterocycles. The van der Waals surface area contributed by atoms with Gasteiger partial charge in [0.2, 0.25) is 5.13 Å². The Morgan fingerprint density at radius 3 is 3.17 bits per heavy atom. The number of nitrogens with zero attached hydrogens (tertiary/aromatic N) is 4. The minimum atomic E-state index is 0.490. The Morgan fingerprint density at radius 2 is 2.38 bits per heavy atom. The van der Waals surface area contributed by atoms with Gasteiger partial charge in [-0.1, -0.05) is 12.1 Å². The maximum atomic E-state index is 5.77. The number of hydrogen-bond acceptors (Lipinski definition) is 7. The molecule has 0 spiro atoms. The molecule has 0 amide bonds. The molecule has 124 valence electrons. The fraction of sp³-hybridized carbons (Fsp3) is 0.188. The lowest BCUT2D eigenvalue weighted by Gasteiger charge is -2.07. The first-order valence-corrected chi connectivity index (χ1v) is 8.36. The monoisotopic (exact) mass is 342 g/mol. The van der Waals surface area contributed by atoms with Gasteiger partial charge >= 0.3 is 0 Å². The van der Waals surface area contributed by atoms with E-state index >= 15 is 0 Å². The largest absolute Gasteiger partial charge is 0.494 e. The average molecular weight is 342 g/mol. The SMILES string of the molecule is Nc1csc(NN=Cc2cccc(OCCCn3ccnc3)c2)n1. The third-order valence-electron chi connectivity index (χ3n) is 3.14. The molecule has 24 heavy (non-hydrogen) atoms. The first-order valence-electron chi connectivity index (χ1n) is 7.48. The number of thiazole rings is 1. The zero-order chi connectivity index (χ0) is 16.6. The van der Waals surface area contributed by atoms with E-state index in [9.17, 15) is 0 Å². The molecule has 3 rings (SSSR count). The number of nitrogen functional groups attached to an aromatic ring is 1. The third kappa shape index (κ3) is 4.82. The van der Waals surface area contributed by atoms with E-state index in [4.69, 9.17) is 10.5 Å². The molecular formula is C16H18N6OS. The van der Waals surface area contributed by atoms with Gasteiger partial charge in [-0.25, -0.2) is 9.97 Å². The molecule has 0 aliphatic rings. The second kappa shape index (κ2) is 8.11. The van der Waals surface area contributed by atoms with Crippen LogP contribution in [0.1, 0.15) is 12.0 Å². The molecule has 0 atom stereocenters. The van der Waals surface area contributed by atoms with Gasteiger partial charge in [0, 0.05) is 24.3 Å². The Bertz CT molecular complexity index is 783. The van der Waals surface area contributed by atoms with E-state index in [0.717, 1.165) is 24.3 Å². The molecule has 8 heteroatoms. The van der Waals surface area contributed by atoms with Crippen LogP contribution in [-0.2, 0) is 6.54 Å². The number of aryl methyl sites for hydroxylation is 1. The molecule has 0 aliphatic carbocycles. The van der Waals surface area contributed by atoms with Gasteiger partial charge in [-0.05, 0) is 24.1 Å². The van der Waals surface area contributed by atoms with Gasteiger partial charge in [-0.3, -0.25) is 5.43 Å². The number of benzene rings is 1. The van der Waals surface area contributed by atoms with E-state index in [-0.39, 0.29) is 0 Å². The molecule has 0 saturated heterocycles. The number of rotatable bonds is 8. The number of imidazole rings is 1. The lowest BCUT2D eigenvalue weighted by Crippen LogP contribution is -2.03. The fourth-order valence-corrected chi connectivity index (χ4v) is 2.59. The van der Waals surface area contributed by atoms with Gasteiger partial charge in [-0.2, -0.15) is 5.10 Å². The summed E-state index contributed by atoms with van der Waals surface area (Å²) in [4.78, 5) is 8.08. The van der Waals surface area contributed by atoms with E-state index in [1.807, 2.05) is 35.0 Å². The predicted octanol–water partition coefficient (Wildman–Crippen LogP) is 2.84. The lowest BCUT2D eigenvalue weighted by molar-refractivity contribution is 0.301. The van der Waals surface area contributed by atoms with Crippen LogP contribution in [-0.4, -0.2) is 27.4 Å². The summed E-state index contributed by atoms with van der Waals surface area (Å²) in [5.74, 6) is 1.31. The second-order valence-electron chi connectivity index (χ2n) is 5.02. The zero-order valence-corrected chi connectivity index (χ0v) is 13.8.